The van der Waals surface area contributed by atoms with Crippen LogP contribution in [0.15, 0.2) is 29.8 Å². The molecule has 1 aromatic rings. The van der Waals surface area contributed by atoms with Crippen LogP contribution in [0.4, 0.5) is 0 Å². The van der Waals surface area contributed by atoms with Crippen LogP contribution in [0.2, 0.25) is 16.6 Å². The molecule has 0 spiro atoms. The van der Waals surface area contributed by atoms with Crippen molar-refractivity contribution < 1.29 is 14.0 Å². The minimum Gasteiger partial charge on any atom is -0.462 e. The first kappa shape index (κ1) is 27.8. The number of hydrogen-bond acceptors (Lipinski definition) is 3. The Morgan fingerprint density at radius 2 is 1.55 bits per heavy atom. The second-order valence-electron chi connectivity index (χ2n) is 10.7. The average molecular weight is 473 g/mol. The van der Waals surface area contributed by atoms with Crippen molar-refractivity contribution in [3.05, 3.63) is 41.0 Å². The van der Waals surface area contributed by atoms with E-state index in [1.807, 2.05) is 0 Å². The Bertz CT molecular complexity index is 744. The highest BCUT2D eigenvalue weighted by Crippen LogP contribution is 2.43. The van der Waals surface area contributed by atoms with Crippen molar-refractivity contribution in [1.29, 1.82) is 0 Å². The number of hydrogen-bond donors (Lipinski definition) is 0. The van der Waals surface area contributed by atoms with Gasteiger partial charge in [0, 0.05) is 18.1 Å². The number of carbonyl (C=O) groups is 1. The molecule has 2 rings (SSSR count). The topological polar surface area (TPSA) is 35.5 Å². The minimum absolute atomic E-state index is 0.0696. The summed E-state index contributed by atoms with van der Waals surface area (Å²) in [5.74, 6) is -0.0803. The van der Waals surface area contributed by atoms with Crippen LogP contribution in [0.25, 0.3) is 6.08 Å². The van der Waals surface area contributed by atoms with Crippen LogP contribution in [0.1, 0.15) is 110 Å². The number of esters is 1. The first-order chi connectivity index (χ1) is 15.7. The van der Waals surface area contributed by atoms with Crippen LogP contribution < -0.4 is 0 Å². The summed E-state index contributed by atoms with van der Waals surface area (Å²) in [6, 6.07) is 8.48. The van der Waals surface area contributed by atoms with E-state index in [0.29, 0.717) is 29.8 Å². The molecule has 1 aromatic carbocycles. The molecule has 1 aliphatic rings. The zero-order chi connectivity index (χ0) is 24.4. The monoisotopic (exact) mass is 472 g/mol. The summed E-state index contributed by atoms with van der Waals surface area (Å²) in [6.45, 7) is 17.1. The Morgan fingerprint density at radius 3 is 2.18 bits per heavy atom. The fraction of sp³-hybridized carbons (Fsp3) is 0.690. The van der Waals surface area contributed by atoms with Gasteiger partial charge in [0.15, 0.2) is 8.32 Å². The SMILES string of the molecule is CCCCCCCC/C1=C/c2ccccc2C(CO[Si](C(C)C)(C(C)C)C(C)C)COC1=O. The molecule has 0 saturated carbocycles. The molecule has 0 N–H and O–H groups in total. The van der Waals surface area contributed by atoms with Gasteiger partial charge < -0.3 is 9.16 Å². The Kier molecular flexibility index (Phi) is 11.4. The molecule has 0 amide bonds. The largest absolute Gasteiger partial charge is 0.462 e. The van der Waals surface area contributed by atoms with E-state index in [9.17, 15) is 4.79 Å². The van der Waals surface area contributed by atoms with Crippen LogP contribution >= 0.6 is 0 Å². The summed E-state index contributed by atoms with van der Waals surface area (Å²) in [4.78, 5) is 12.9. The van der Waals surface area contributed by atoms with Crippen molar-refractivity contribution in [2.45, 2.75) is 116 Å². The van der Waals surface area contributed by atoms with E-state index in [2.05, 4.69) is 78.8 Å². The highest BCUT2D eigenvalue weighted by Gasteiger charge is 2.45. The van der Waals surface area contributed by atoms with Crippen LogP contribution in [-0.2, 0) is 14.0 Å². The zero-order valence-corrected chi connectivity index (χ0v) is 23.3. The van der Waals surface area contributed by atoms with Crippen molar-refractivity contribution in [3.63, 3.8) is 0 Å². The standard InChI is InChI=1S/C29H48O3Si/c1-8-9-10-11-12-13-17-26-19-25-16-14-15-18-28(25)27(20-31-29(26)30)21-32-33(22(2)3,23(4)5)24(6)7/h14-16,18-19,22-24,27H,8-13,17,20-21H2,1-7H3/b26-19-. The van der Waals surface area contributed by atoms with Crippen LogP contribution in [0.3, 0.4) is 0 Å². The van der Waals surface area contributed by atoms with Gasteiger partial charge in [0.2, 0.25) is 0 Å². The third kappa shape index (κ3) is 7.29. The summed E-state index contributed by atoms with van der Waals surface area (Å²) in [5.41, 5.74) is 4.81. The maximum atomic E-state index is 12.9. The van der Waals surface area contributed by atoms with E-state index in [1.165, 1.54) is 37.7 Å². The molecule has 0 saturated heterocycles. The van der Waals surface area contributed by atoms with E-state index in [1.54, 1.807) is 0 Å². The number of rotatable bonds is 13. The molecule has 0 radical (unpaired) electrons. The maximum Gasteiger partial charge on any atom is 0.334 e. The fourth-order valence-corrected chi connectivity index (χ4v) is 11.3. The summed E-state index contributed by atoms with van der Waals surface area (Å²) in [5, 5.41) is 0. The zero-order valence-electron chi connectivity index (χ0n) is 22.3. The third-order valence-corrected chi connectivity index (χ3v) is 13.6. The molecule has 0 aliphatic carbocycles. The van der Waals surface area contributed by atoms with E-state index in [0.717, 1.165) is 24.0 Å². The highest BCUT2D eigenvalue weighted by molar-refractivity contribution is 6.77. The number of benzene rings is 1. The van der Waals surface area contributed by atoms with Gasteiger partial charge in [-0.15, -0.1) is 0 Å². The first-order valence-corrected chi connectivity index (χ1v) is 15.5. The van der Waals surface area contributed by atoms with E-state index in [4.69, 9.17) is 9.16 Å². The van der Waals surface area contributed by atoms with E-state index >= 15 is 0 Å². The van der Waals surface area contributed by atoms with Gasteiger partial charge in [-0.3, -0.25) is 0 Å². The first-order valence-electron chi connectivity index (χ1n) is 13.3. The van der Waals surface area contributed by atoms with Crippen molar-refractivity contribution >= 4 is 20.4 Å². The highest BCUT2D eigenvalue weighted by atomic mass is 28.4. The van der Waals surface area contributed by atoms with Gasteiger partial charge in [-0.2, -0.15) is 0 Å². The molecule has 1 atom stereocenters. The van der Waals surface area contributed by atoms with Crippen molar-refractivity contribution in [1.82, 2.24) is 0 Å². The molecule has 1 aliphatic heterocycles. The number of fused-ring (bicyclic) bond motifs is 1. The minimum atomic E-state index is -1.98. The predicted octanol–water partition coefficient (Wildman–Crippen LogP) is 8.65. The lowest BCUT2D eigenvalue weighted by atomic mass is 9.92. The van der Waals surface area contributed by atoms with Gasteiger partial charge in [0.1, 0.15) is 6.61 Å². The lowest BCUT2D eigenvalue weighted by molar-refractivity contribution is -0.140. The molecule has 4 heteroatoms. The second-order valence-corrected chi connectivity index (χ2v) is 16.2. The van der Waals surface area contributed by atoms with Crippen LogP contribution in [0.5, 0.6) is 0 Å². The second kappa shape index (κ2) is 13.5. The Labute approximate surface area is 204 Å². The fourth-order valence-electron chi connectivity index (χ4n) is 5.77. The average Bonchev–Trinajstić information content (AvgIpc) is 2.76. The molecule has 0 aromatic heterocycles. The molecule has 1 unspecified atom stereocenters. The van der Waals surface area contributed by atoms with Crippen LogP contribution in [-0.4, -0.2) is 27.5 Å². The molecular weight excluding hydrogens is 424 g/mol. The van der Waals surface area contributed by atoms with Crippen molar-refractivity contribution in [2.24, 2.45) is 0 Å². The van der Waals surface area contributed by atoms with Gasteiger partial charge in [0.05, 0.1) is 0 Å². The summed E-state index contributed by atoms with van der Waals surface area (Å²) < 4.78 is 12.7. The Balaban J connectivity index is 2.19. The molecule has 1 heterocycles. The Morgan fingerprint density at radius 1 is 0.939 bits per heavy atom. The lowest BCUT2D eigenvalue weighted by Crippen LogP contribution is -2.48. The van der Waals surface area contributed by atoms with E-state index < -0.39 is 8.32 Å². The third-order valence-electron chi connectivity index (χ3n) is 7.48. The number of cyclic esters (lactones) is 1. The Hall–Kier alpha value is -1.39. The summed E-state index contributed by atoms with van der Waals surface area (Å²) >= 11 is 0. The number of ether oxygens (including phenoxy) is 1. The lowest BCUT2D eigenvalue weighted by Gasteiger charge is -2.43. The summed E-state index contributed by atoms with van der Waals surface area (Å²) in [7, 11) is -1.98. The van der Waals surface area contributed by atoms with Gasteiger partial charge in [0.25, 0.3) is 0 Å². The van der Waals surface area contributed by atoms with Gasteiger partial charge in [-0.25, -0.2) is 4.79 Å². The number of unbranched alkanes of at least 4 members (excludes halogenated alkanes) is 5. The molecule has 3 nitrogen and oxygen atoms in total. The predicted molar refractivity (Wildman–Crippen MR) is 143 cm³/mol. The van der Waals surface area contributed by atoms with Gasteiger partial charge >= 0.3 is 5.97 Å². The number of carbonyl (C=O) groups excluding carboxylic acids is 1. The summed E-state index contributed by atoms with van der Waals surface area (Å²) in [6.07, 6.45) is 10.2. The quantitative estimate of drug-likeness (QED) is 0.164. The smallest absolute Gasteiger partial charge is 0.334 e. The van der Waals surface area contributed by atoms with Crippen molar-refractivity contribution in [2.75, 3.05) is 13.2 Å². The molecule has 33 heavy (non-hydrogen) atoms. The molecular formula is C29H48O3Si. The van der Waals surface area contributed by atoms with Gasteiger partial charge in [-0.1, -0.05) is 105 Å². The van der Waals surface area contributed by atoms with Gasteiger partial charge in [-0.05, 0) is 46.7 Å². The van der Waals surface area contributed by atoms with E-state index in [-0.39, 0.29) is 11.9 Å². The molecule has 0 bridgehead atoms. The molecule has 186 valence electrons. The maximum absolute atomic E-state index is 12.9. The normalized spacial score (nSPS) is 18.7. The van der Waals surface area contributed by atoms with Crippen molar-refractivity contribution in [3.8, 4) is 0 Å². The molecule has 0 fully saturated rings. The van der Waals surface area contributed by atoms with Crippen LogP contribution in [0, 0.1) is 0 Å².